The molecular formula is C16H21N3O. The third-order valence-corrected chi connectivity index (χ3v) is 3.34. The molecule has 0 bridgehead atoms. The highest BCUT2D eigenvalue weighted by molar-refractivity contribution is 5.56. The maximum atomic E-state index is 11.9. The topological polar surface area (TPSA) is 52.7 Å². The van der Waals surface area contributed by atoms with Crippen LogP contribution in [0.2, 0.25) is 0 Å². The zero-order valence-electron chi connectivity index (χ0n) is 12.0. The average molecular weight is 271 g/mol. The van der Waals surface area contributed by atoms with Crippen molar-refractivity contribution in [2.45, 2.75) is 45.4 Å². The Hall–Kier alpha value is -1.97. The fourth-order valence-corrected chi connectivity index (χ4v) is 2.16. The predicted octanol–water partition coefficient (Wildman–Crippen LogP) is 3.29. The Morgan fingerprint density at radius 2 is 1.75 bits per heavy atom. The molecule has 1 aromatic carbocycles. The Morgan fingerprint density at radius 3 is 2.45 bits per heavy atom. The van der Waals surface area contributed by atoms with Crippen LogP contribution in [0.15, 0.2) is 36.5 Å². The highest BCUT2D eigenvalue weighted by Crippen LogP contribution is 2.13. The van der Waals surface area contributed by atoms with E-state index in [1.807, 2.05) is 30.3 Å². The molecule has 4 nitrogen and oxygen atoms in total. The van der Waals surface area contributed by atoms with E-state index < -0.39 is 0 Å². The minimum atomic E-state index is 0.515. The molecule has 2 aromatic rings. The first kappa shape index (κ1) is 14.4. The Morgan fingerprint density at radius 1 is 1.00 bits per heavy atom. The number of aryl methyl sites for hydroxylation is 1. The van der Waals surface area contributed by atoms with Gasteiger partial charge in [-0.05, 0) is 11.5 Å². The van der Waals surface area contributed by atoms with Crippen LogP contribution in [0.3, 0.4) is 0 Å². The highest BCUT2D eigenvalue weighted by atomic mass is 16.5. The third kappa shape index (κ3) is 4.02. The van der Waals surface area contributed by atoms with Crippen molar-refractivity contribution < 1.29 is 4.73 Å². The van der Waals surface area contributed by atoms with Crippen molar-refractivity contribution in [3.05, 3.63) is 47.6 Å². The molecule has 0 saturated carbocycles. The second-order valence-electron chi connectivity index (χ2n) is 4.99. The standard InChI is InChI=1S/C16H21N3O/c1-2-3-4-5-9-12-16-18-17-15(13-19(16)20)14-10-7-6-8-11-14/h6-8,10-11,13H,2-5,9,12H2,1H3. The summed E-state index contributed by atoms with van der Waals surface area (Å²) in [5.74, 6) is 0.515. The van der Waals surface area contributed by atoms with Crippen molar-refractivity contribution in [3.63, 3.8) is 0 Å². The summed E-state index contributed by atoms with van der Waals surface area (Å²) in [6, 6.07) is 9.64. The van der Waals surface area contributed by atoms with Crippen LogP contribution < -0.4 is 4.73 Å². The molecule has 0 saturated heterocycles. The van der Waals surface area contributed by atoms with Gasteiger partial charge in [0.05, 0.1) is 11.5 Å². The maximum absolute atomic E-state index is 11.9. The number of unbranched alkanes of at least 4 members (excludes halogenated alkanes) is 4. The van der Waals surface area contributed by atoms with Gasteiger partial charge in [-0.3, -0.25) is 0 Å². The number of hydrogen-bond donors (Lipinski definition) is 0. The Balaban J connectivity index is 1.96. The van der Waals surface area contributed by atoms with Crippen molar-refractivity contribution in [2.24, 2.45) is 0 Å². The molecule has 1 heterocycles. The second-order valence-corrected chi connectivity index (χ2v) is 4.99. The normalized spacial score (nSPS) is 10.7. The lowest BCUT2D eigenvalue weighted by atomic mass is 10.1. The van der Waals surface area contributed by atoms with E-state index in [0.29, 0.717) is 17.9 Å². The summed E-state index contributed by atoms with van der Waals surface area (Å²) in [6.45, 7) is 2.19. The molecule has 4 heteroatoms. The predicted molar refractivity (Wildman–Crippen MR) is 78.9 cm³/mol. The fraction of sp³-hybridized carbons (Fsp3) is 0.438. The lowest BCUT2D eigenvalue weighted by molar-refractivity contribution is -0.618. The molecular weight excluding hydrogens is 250 g/mol. The van der Waals surface area contributed by atoms with Crippen molar-refractivity contribution in [1.82, 2.24) is 10.2 Å². The van der Waals surface area contributed by atoms with E-state index in [0.717, 1.165) is 23.1 Å². The number of benzene rings is 1. The summed E-state index contributed by atoms with van der Waals surface area (Å²) < 4.78 is 0.856. The second kappa shape index (κ2) is 7.58. The summed E-state index contributed by atoms with van der Waals surface area (Å²) in [7, 11) is 0. The summed E-state index contributed by atoms with van der Waals surface area (Å²) in [4.78, 5) is 0. The number of hydrogen-bond acceptors (Lipinski definition) is 3. The molecule has 0 spiro atoms. The summed E-state index contributed by atoms with van der Waals surface area (Å²) in [6.07, 6.45) is 8.09. The summed E-state index contributed by atoms with van der Waals surface area (Å²) >= 11 is 0. The van der Waals surface area contributed by atoms with E-state index in [9.17, 15) is 5.21 Å². The van der Waals surface area contributed by atoms with Gasteiger partial charge < -0.3 is 5.21 Å². The van der Waals surface area contributed by atoms with Crippen LogP contribution in [0.25, 0.3) is 11.3 Å². The number of rotatable bonds is 7. The van der Waals surface area contributed by atoms with Crippen molar-refractivity contribution in [2.75, 3.05) is 0 Å². The van der Waals surface area contributed by atoms with Crippen LogP contribution in [0.1, 0.15) is 44.9 Å². The quantitative estimate of drug-likeness (QED) is 0.441. The zero-order chi connectivity index (χ0) is 14.2. The fourth-order valence-electron chi connectivity index (χ4n) is 2.16. The highest BCUT2D eigenvalue weighted by Gasteiger charge is 2.11. The van der Waals surface area contributed by atoms with Gasteiger partial charge in [-0.2, -0.15) is 0 Å². The first-order valence-corrected chi connectivity index (χ1v) is 7.32. The average Bonchev–Trinajstić information content (AvgIpc) is 2.49. The number of nitrogens with zero attached hydrogens (tertiary/aromatic N) is 3. The zero-order valence-corrected chi connectivity index (χ0v) is 12.0. The number of aromatic nitrogens is 3. The molecule has 0 N–H and O–H groups in total. The largest absolute Gasteiger partial charge is 0.711 e. The molecule has 0 atom stereocenters. The third-order valence-electron chi connectivity index (χ3n) is 3.34. The van der Waals surface area contributed by atoms with Crippen molar-refractivity contribution >= 4 is 0 Å². The lowest BCUT2D eigenvalue weighted by Gasteiger charge is -2.06. The SMILES string of the molecule is CCCCCCCc1nnc(-c2ccccc2)c[n+]1[O-]. The molecule has 0 radical (unpaired) electrons. The van der Waals surface area contributed by atoms with Gasteiger partial charge in [-0.25, -0.2) is 4.73 Å². The summed E-state index contributed by atoms with van der Waals surface area (Å²) in [5, 5.41) is 20.2. The van der Waals surface area contributed by atoms with Crippen LogP contribution in [0.4, 0.5) is 0 Å². The molecule has 0 aliphatic heterocycles. The van der Waals surface area contributed by atoms with Gasteiger partial charge in [0.1, 0.15) is 6.20 Å². The van der Waals surface area contributed by atoms with Gasteiger partial charge in [0.25, 0.3) is 0 Å². The molecule has 0 fully saturated rings. The van der Waals surface area contributed by atoms with Crippen molar-refractivity contribution in [3.8, 4) is 11.3 Å². The lowest BCUT2D eigenvalue weighted by Crippen LogP contribution is -2.34. The summed E-state index contributed by atoms with van der Waals surface area (Å²) in [5.41, 5.74) is 1.54. The van der Waals surface area contributed by atoms with Crippen LogP contribution >= 0.6 is 0 Å². The van der Waals surface area contributed by atoms with E-state index in [1.54, 1.807) is 0 Å². The minimum absolute atomic E-state index is 0.515. The van der Waals surface area contributed by atoms with Crippen LogP contribution in [-0.2, 0) is 6.42 Å². The molecule has 0 aliphatic rings. The van der Waals surface area contributed by atoms with Gasteiger partial charge >= 0.3 is 5.82 Å². The minimum Gasteiger partial charge on any atom is -0.711 e. The van der Waals surface area contributed by atoms with Gasteiger partial charge in [0.15, 0.2) is 5.69 Å². The maximum Gasteiger partial charge on any atom is 0.329 e. The first-order chi connectivity index (χ1) is 9.81. The Kier molecular flexibility index (Phi) is 5.47. The van der Waals surface area contributed by atoms with Gasteiger partial charge in [0.2, 0.25) is 0 Å². The molecule has 1 aromatic heterocycles. The van der Waals surface area contributed by atoms with Crippen LogP contribution in [-0.4, -0.2) is 10.2 Å². The Labute approximate surface area is 120 Å². The first-order valence-electron chi connectivity index (χ1n) is 7.32. The molecule has 20 heavy (non-hydrogen) atoms. The molecule has 0 unspecified atom stereocenters. The molecule has 0 aliphatic carbocycles. The van der Waals surface area contributed by atoms with Crippen LogP contribution in [0.5, 0.6) is 0 Å². The Bertz CT molecular complexity index is 529. The van der Waals surface area contributed by atoms with E-state index in [-0.39, 0.29) is 0 Å². The van der Waals surface area contributed by atoms with Crippen molar-refractivity contribution in [1.29, 1.82) is 0 Å². The van der Waals surface area contributed by atoms with E-state index >= 15 is 0 Å². The van der Waals surface area contributed by atoms with E-state index in [2.05, 4.69) is 17.1 Å². The monoisotopic (exact) mass is 271 g/mol. The van der Waals surface area contributed by atoms with Gasteiger partial charge in [-0.1, -0.05) is 62.9 Å². The van der Waals surface area contributed by atoms with Crippen LogP contribution in [0, 0.1) is 5.21 Å². The smallest absolute Gasteiger partial charge is 0.329 e. The van der Waals surface area contributed by atoms with E-state index in [1.165, 1.54) is 25.5 Å². The van der Waals surface area contributed by atoms with Gasteiger partial charge in [-0.15, -0.1) is 0 Å². The van der Waals surface area contributed by atoms with Gasteiger partial charge in [0, 0.05) is 5.56 Å². The molecule has 106 valence electrons. The molecule has 2 rings (SSSR count). The van der Waals surface area contributed by atoms with E-state index in [4.69, 9.17) is 0 Å². The molecule has 0 amide bonds.